The minimum atomic E-state index is -4.41. The van der Waals surface area contributed by atoms with E-state index < -0.39 is 11.7 Å². The number of carbonyl (C=O) groups excluding carboxylic acids is 1. The number of rotatable bonds is 3. The number of benzene rings is 1. The molecule has 1 aliphatic heterocycles. The van der Waals surface area contributed by atoms with E-state index in [4.69, 9.17) is 4.74 Å². The van der Waals surface area contributed by atoms with Crippen LogP contribution in [-0.4, -0.2) is 30.5 Å². The van der Waals surface area contributed by atoms with Gasteiger partial charge in [0.15, 0.2) is 6.61 Å². The Balaban J connectivity index is 2.02. The maximum absolute atomic E-state index is 12.7. The van der Waals surface area contributed by atoms with Gasteiger partial charge in [0.25, 0.3) is 5.91 Å². The van der Waals surface area contributed by atoms with Gasteiger partial charge in [-0.15, -0.1) is 0 Å². The van der Waals surface area contributed by atoms with E-state index in [1.54, 1.807) is 11.8 Å². The van der Waals surface area contributed by atoms with Gasteiger partial charge >= 0.3 is 6.18 Å². The van der Waals surface area contributed by atoms with Crippen LogP contribution in [0, 0.1) is 6.92 Å². The third-order valence-corrected chi connectivity index (χ3v) is 3.20. The fraction of sp³-hybridized carbons (Fsp3) is 0.500. The Morgan fingerprint density at radius 2 is 1.90 bits per heavy atom. The summed E-state index contributed by atoms with van der Waals surface area (Å²) in [5, 5.41) is 0. The summed E-state index contributed by atoms with van der Waals surface area (Å²) in [6.07, 6.45) is -2.48. The van der Waals surface area contributed by atoms with E-state index in [9.17, 15) is 18.0 Å². The minimum absolute atomic E-state index is 0.0740. The van der Waals surface area contributed by atoms with Crippen LogP contribution in [0.25, 0.3) is 0 Å². The van der Waals surface area contributed by atoms with Gasteiger partial charge in [-0.2, -0.15) is 13.2 Å². The van der Waals surface area contributed by atoms with Crippen molar-refractivity contribution in [1.29, 1.82) is 0 Å². The molecule has 1 amide bonds. The molecule has 0 bridgehead atoms. The summed E-state index contributed by atoms with van der Waals surface area (Å²) in [6, 6.07) is 3.46. The van der Waals surface area contributed by atoms with Crippen molar-refractivity contribution in [3.05, 3.63) is 29.3 Å². The van der Waals surface area contributed by atoms with E-state index in [1.807, 2.05) is 0 Å². The predicted octanol–water partition coefficient (Wildman–Crippen LogP) is 3.02. The summed E-state index contributed by atoms with van der Waals surface area (Å²) in [4.78, 5) is 13.4. The molecular weight excluding hydrogens is 271 g/mol. The summed E-state index contributed by atoms with van der Waals surface area (Å²) in [5.74, 6) is -0.109. The Labute approximate surface area is 115 Å². The highest BCUT2D eigenvalue weighted by Crippen LogP contribution is 2.32. The van der Waals surface area contributed by atoms with Gasteiger partial charge in [-0.25, -0.2) is 0 Å². The molecule has 2 rings (SSSR count). The first-order chi connectivity index (χ1) is 9.36. The average molecular weight is 287 g/mol. The summed E-state index contributed by atoms with van der Waals surface area (Å²) in [6.45, 7) is 2.73. The Morgan fingerprint density at radius 1 is 1.25 bits per heavy atom. The number of hydrogen-bond donors (Lipinski definition) is 0. The molecule has 0 radical (unpaired) electrons. The number of likely N-dealkylation sites (tertiary alicyclic amines) is 1. The second-order valence-electron chi connectivity index (χ2n) is 4.91. The van der Waals surface area contributed by atoms with E-state index in [2.05, 4.69) is 0 Å². The molecule has 0 unspecified atom stereocenters. The number of nitrogens with zero attached hydrogens (tertiary/aromatic N) is 1. The van der Waals surface area contributed by atoms with Crippen molar-refractivity contribution in [2.45, 2.75) is 25.9 Å². The first-order valence-electron chi connectivity index (χ1n) is 6.46. The molecule has 0 spiro atoms. The maximum Gasteiger partial charge on any atom is 0.416 e. The number of aryl methyl sites for hydroxylation is 1. The molecule has 1 aromatic rings. The molecule has 6 heteroatoms. The van der Waals surface area contributed by atoms with Gasteiger partial charge in [0.05, 0.1) is 5.56 Å². The maximum atomic E-state index is 12.7. The lowest BCUT2D eigenvalue weighted by Gasteiger charge is -2.16. The topological polar surface area (TPSA) is 29.5 Å². The van der Waals surface area contributed by atoms with Crippen molar-refractivity contribution in [3.8, 4) is 5.75 Å². The first kappa shape index (κ1) is 14.7. The molecule has 1 fully saturated rings. The number of hydrogen-bond acceptors (Lipinski definition) is 2. The molecule has 1 saturated heterocycles. The number of alkyl halides is 3. The normalized spacial score (nSPS) is 15.5. The van der Waals surface area contributed by atoms with Gasteiger partial charge < -0.3 is 9.64 Å². The molecule has 1 aliphatic rings. The smallest absolute Gasteiger partial charge is 0.416 e. The fourth-order valence-electron chi connectivity index (χ4n) is 2.20. The third kappa shape index (κ3) is 3.65. The quantitative estimate of drug-likeness (QED) is 0.855. The van der Waals surface area contributed by atoms with Gasteiger partial charge in [0.2, 0.25) is 0 Å². The van der Waals surface area contributed by atoms with Crippen molar-refractivity contribution in [2.24, 2.45) is 0 Å². The molecule has 20 heavy (non-hydrogen) atoms. The molecule has 1 heterocycles. The molecule has 110 valence electrons. The zero-order valence-corrected chi connectivity index (χ0v) is 11.2. The highest BCUT2D eigenvalue weighted by molar-refractivity contribution is 5.78. The molecule has 0 N–H and O–H groups in total. The fourth-order valence-corrected chi connectivity index (χ4v) is 2.20. The SMILES string of the molecule is Cc1cc(OCC(=O)N2CCCC2)cc(C(F)(F)F)c1. The van der Waals surface area contributed by atoms with Crippen LogP contribution >= 0.6 is 0 Å². The lowest BCUT2D eigenvalue weighted by molar-refractivity contribution is -0.137. The van der Waals surface area contributed by atoms with Gasteiger partial charge in [0.1, 0.15) is 5.75 Å². The second-order valence-corrected chi connectivity index (χ2v) is 4.91. The number of halogens is 3. The average Bonchev–Trinajstić information content (AvgIpc) is 2.88. The second kappa shape index (κ2) is 5.73. The third-order valence-electron chi connectivity index (χ3n) is 3.20. The summed E-state index contributed by atoms with van der Waals surface area (Å²) >= 11 is 0. The lowest BCUT2D eigenvalue weighted by Crippen LogP contribution is -2.32. The van der Waals surface area contributed by atoms with Crippen LogP contribution in [0.3, 0.4) is 0 Å². The Hall–Kier alpha value is -1.72. The standard InChI is InChI=1S/C14H16F3NO2/c1-10-6-11(14(15,16)17)8-12(7-10)20-9-13(19)18-4-2-3-5-18/h6-8H,2-5,9H2,1H3. The minimum Gasteiger partial charge on any atom is -0.484 e. The zero-order chi connectivity index (χ0) is 14.8. The number of amides is 1. The van der Waals surface area contributed by atoms with Crippen molar-refractivity contribution >= 4 is 5.91 Å². The molecule has 0 aromatic heterocycles. The van der Waals surface area contributed by atoms with Gasteiger partial charge in [-0.1, -0.05) is 0 Å². The van der Waals surface area contributed by atoms with Crippen LogP contribution in [0.1, 0.15) is 24.0 Å². The summed E-state index contributed by atoms with van der Waals surface area (Å²) in [5.41, 5.74) is -0.315. The van der Waals surface area contributed by atoms with Crippen LogP contribution in [0.15, 0.2) is 18.2 Å². The lowest BCUT2D eigenvalue weighted by atomic mass is 10.1. The molecule has 3 nitrogen and oxygen atoms in total. The number of ether oxygens (including phenoxy) is 1. The van der Waals surface area contributed by atoms with Crippen LogP contribution in [0.5, 0.6) is 5.75 Å². The van der Waals surface area contributed by atoms with Crippen molar-refractivity contribution in [3.63, 3.8) is 0 Å². The largest absolute Gasteiger partial charge is 0.484 e. The van der Waals surface area contributed by atoms with Crippen LogP contribution in [0.4, 0.5) is 13.2 Å². The molecule has 0 atom stereocenters. The molecule has 0 aliphatic carbocycles. The summed E-state index contributed by atoms with van der Waals surface area (Å²) in [7, 11) is 0. The Bertz CT molecular complexity index is 494. The van der Waals surface area contributed by atoms with Gasteiger partial charge in [0, 0.05) is 13.1 Å². The van der Waals surface area contributed by atoms with Crippen LogP contribution in [0.2, 0.25) is 0 Å². The van der Waals surface area contributed by atoms with Crippen molar-refractivity contribution in [2.75, 3.05) is 19.7 Å². The van der Waals surface area contributed by atoms with E-state index in [-0.39, 0.29) is 18.3 Å². The summed E-state index contributed by atoms with van der Waals surface area (Å²) < 4.78 is 43.2. The Kier molecular flexibility index (Phi) is 4.20. The van der Waals surface area contributed by atoms with E-state index >= 15 is 0 Å². The number of carbonyl (C=O) groups is 1. The molecule has 1 aromatic carbocycles. The van der Waals surface area contributed by atoms with E-state index in [0.29, 0.717) is 18.7 Å². The highest BCUT2D eigenvalue weighted by atomic mass is 19.4. The predicted molar refractivity (Wildman–Crippen MR) is 67.5 cm³/mol. The van der Waals surface area contributed by atoms with Crippen LogP contribution < -0.4 is 4.74 Å². The Morgan fingerprint density at radius 3 is 2.50 bits per heavy atom. The van der Waals surface area contributed by atoms with Gasteiger partial charge in [-0.05, 0) is 43.5 Å². The monoisotopic (exact) mass is 287 g/mol. The highest BCUT2D eigenvalue weighted by Gasteiger charge is 2.31. The zero-order valence-electron chi connectivity index (χ0n) is 11.2. The van der Waals surface area contributed by atoms with Gasteiger partial charge in [-0.3, -0.25) is 4.79 Å². The van der Waals surface area contributed by atoms with E-state index in [0.717, 1.165) is 25.0 Å². The molecule has 0 saturated carbocycles. The first-order valence-corrected chi connectivity index (χ1v) is 6.46. The van der Waals surface area contributed by atoms with Crippen molar-refractivity contribution in [1.82, 2.24) is 4.90 Å². The van der Waals surface area contributed by atoms with Crippen molar-refractivity contribution < 1.29 is 22.7 Å². The van der Waals surface area contributed by atoms with Crippen LogP contribution in [-0.2, 0) is 11.0 Å². The van der Waals surface area contributed by atoms with E-state index in [1.165, 1.54) is 6.07 Å². The molecular formula is C14H16F3NO2.